The summed E-state index contributed by atoms with van der Waals surface area (Å²) in [5.41, 5.74) is -0.0160. The third kappa shape index (κ3) is 11.2. The van der Waals surface area contributed by atoms with Gasteiger partial charge in [-0.3, -0.25) is 9.35 Å². The van der Waals surface area contributed by atoms with E-state index in [1.165, 1.54) is 19.1 Å². The van der Waals surface area contributed by atoms with Crippen LogP contribution in [0.4, 0.5) is 0 Å². The zero-order chi connectivity index (χ0) is 19.5. The summed E-state index contributed by atoms with van der Waals surface area (Å²) in [4.78, 5) is 23.2. The quantitative estimate of drug-likeness (QED) is 0.392. The third-order valence-corrected chi connectivity index (χ3v) is 3.37. The van der Waals surface area contributed by atoms with Gasteiger partial charge in [-0.1, -0.05) is 26.0 Å². The molecule has 0 atom stereocenters. The van der Waals surface area contributed by atoms with Crippen LogP contribution in [0, 0.1) is 0 Å². The molecule has 0 aliphatic carbocycles. The second-order valence-corrected chi connectivity index (χ2v) is 5.76. The van der Waals surface area contributed by atoms with Crippen LogP contribution in [0.2, 0.25) is 0 Å². The molecule has 0 aromatic heterocycles. The zero-order valence-corrected chi connectivity index (χ0v) is 15.2. The molecule has 0 heterocycles. The summed E-state index contributed by atoms with van der Waals surface area (Å²) in [5, 5.41) is 8.69. The normalized spacial score (nSPS) is 10.8. The SMILES string of the molecule is CC(=O)Oc1ccccc1C(=O)O.CCN(CC)CCOS(=O)(=O)O. The summed E-state index contributed by atoms with van der Waals surface area (Å²) in [6.07, 6.45) is 0. The van der Waals surface area contributed by atoms with E-state index in [1.807, 2.05) is 18.7 Å². The van der Waals surface area contributed by atoms with Gasteiger partial charge < -0.3 is 14.7 Å². The van der Waals surface area contributed by atoms with Crippen molar-refractivity contribution in [1.82, 2.24) is 4.90 Å². The van der Waals surface area contributed by atoms with E-state index in [-0.39, 0.29) is 17.9 Å². The maximum atomic E-state index is 10.6. The number of para-hydroxylation sites is 1. The van der Waals surface area contributed by atoms with Gasteiger partial charge in [-0.05, 0) is 25.2 Å². The van der Waals surface area contributed by atoms with Crippen molar-refractivity contribution in [2.75, 3.05) is 26.2 Å². The van der Waals surface area contributed by atoms with Gasteiger partial charge in [0.2, 0.25) is 0 Å². The molecule has 0 radical (unpaired) electrons. The van der Waals surface area contributed by atoms with Crippen LogP contribution in [0.3, 0.4) is 0 Å². The van der Waals surface area contributed by atoms with Crippen LogP contribution in [0.1, 0.15) is 31.1 Å². The van der Waals surface area contributed by atoms with Crippen LogP contribution in [-0.4, -0.2) is 61.2 Å². The molecule has 10 heteroatoms. The molecule has 1 aromatic rings. The number of aromatic carboxylic acids is 1. The molecule has 25 heavy (non-hydrogen) atoms. The molecule has 0 saturated carbocycles. The van der Waals surface area contributed by atoms with E-state index < -0.39 is 22.3 Å². The van der Waals surface area contributed by atoms with Gasteiger partial charge in [-0.2, -0.15) is 8.42 Å². The van der Waals surface area contributed by atoms with Crippen molar-refractivity contribution in [1.29, 1.82) is 0 Å². The Morgan fingerprint density at radius 2 is 1.72 bits per heavy atom. The number of benzene rings is 1. The highest BCUT2D eigenvalue weighted by Crippen LogP contribution is 2.17. The van der Waals surface area contributed by atoms with Gasteiger partial charge in [0.05, 0.1) is 6.61 Å². The minimum absolute atomic E-state index is 0.000509. The van der Waals surface area contributed by atoms with Gasteiger partial charge >= 0.3 is 22.3 Å². The van der Waals surface area contributed by atoms with E-state index in [4.69, 9.17) is 9.66 Å². The number of carbonyl (C=O) groups excluding carboxylic acids is 1. The number of likely N-dealkylation sites (N-methyl/N-ethyl adjacent to an activating group) is 1. The zero-order valence-electron chi connectivity index (χ0n) is 14.3. The molecule has 0 aliphatic rings. The standard InChI is InChI=1S/C9H8O4.C6H15NO4S/c1-6(10)13-8-5-3-2-4-7(8)9(11)12;1-3-7(4-2)5-6-11-12(8,9)10/h2-5H,1H3,(H,11,12);3-6H2,1-2H3,(H,8,9,10). The Bertz CT molecular complexity index is 655. The highest BCUT2D eigenvalue weighted by Gasteiger charge is 2.11. The molecule has 0 unspecified atom stereocenters. The number of ether oxygens (including phenoxy) is 1. The molecule has 1 aromatic carbocycles. The Labute approximate surface area is 147 Å². The smallest absolute Gasteiger partial charge is 0.397 e. The van der Waals surface area contributed by atoms with E-state index >= 15 is 0 Å². The second kappa shape index (κ2) is 11.5. The average Bonchev–Trinajstić information content (AvgIpc) is 2.51. The van der Waals surface area contributed by atoms with Gasteiger partial charge in [0, 0.05) is 13.5 Å². The van der Waals surface area contributed by atoms with Gasteiger partial charge in [0.15, 0.2) is 0 Å². The van der Waals surface area contributed by atoms with Crippen molar-refractivity contribution in [2.45, 2.75) is 20.8 Å². The first kappa shape index (κ1) is 23.0. The van der Waals surface area contributed by atoms with Crippen LogP contribution in [0.25, 0.3) is 0 Å². The van der Waals surface area contributed by atoms with Crippen molar-refractivity contribution in [3.63, 3.8) is 0 Å². The van der Waals surface area contributed by atoms with E-state index in [2.05, 4.69) is 8.92 Å². The number of carboxylic acids is 1. The third-order valence-electron chi connectivity index (χ3n) is 2.91. The average molecular weight is 377 g/mol. The number of carboxylic acid groups (broad SMARTS) is 1. The fourth-order valence-corrected chi connectivity index (χ4v) is 1.98. The van der Waals surface area contributed by atoms with Gasteiger partial charge in [0.1, 0.15) is 11.3 Å². The number of hydrogen-bond donors (Lipinski definition) is 2. The van der Waals surface area contributed by atoms with Crippen molar-refractivity contribution < 1.29 is 36.6 Å². The summed E-state index contributed by atoms with van der Waals surface area (Å²) < 4.78 is 37.3. The molecule has 2 N–H and O–H groups in total. The molecule has 1 rings (SSSR count). The summed E-state index contributed by atoms with van der Waals surface area (Å²) in [5.74, 6) is -1.58. The molecule has 142 valence electrons. The fourth-order valence-electron chi connectivity index (χ4n) is 1.70. The van der Waals surface area contributed by atoms with Gasteiger partial charge in [-0.25, -0.2) is 8.98 Å². The number of nitrogens with zero attached hydrogens (tertiary/aromatic N) is 1. The van der Waals surface area contributed by atoms with E-state index in [0.717, 1.165) is 13.1 Å². The Hall–Kier alpha value is -2.01. The molecular weight excluding hydrogens is 354 g/mol. The molecular formula is C15H23NO8S. The molecule has 0 bridgehead atoms. The molecule has 0 fully saturated rings. The largest absolute Gasteiger partial charge is 0.478 e. The summed E-state index contributed by atoms with van der Waals surface area (Å²) >= 11 is 0. The maximum absolute atomic E-state index is 10.6. The van der Waals surface area contributed by atoms with Crippen LogP contribution in [-0.2, 0) is 19.4 Å². The Balaban J connectivity index is 0.000000463. The van der Waals surface area contributed by atoms with Crippen molar-refractivity contribution in [3.05, 3.63) is 29.8 Å². The Morgan fingerprint density at radius 3 is 2.16 bits per heavy atom. The lowest BCUT2D eigenvalue weighted by Crippen LogP contribution is -2.27. The fraction of sp³-hybridized carbons (Fsp3) is 0.467. The monoisotopic (exact) mass is 377 g/mol. The first-order valence-corrected chi connectivity index (χ1v) is 8.82. The highest BCUT2D eigenvalue weighted by molar-refractivity contribution is 7.80. The van der Waals surface area contributed by atoms with Gasteiger partial charge in [-0.15, -0.1) is 0 Å². The minimum Gasteiger partial charge on any atom is -0.478 e. The Morgan fingerprint density at radius 1 is 1.16 bits per heavy atom. The number of esters is 1. The highest BCUT2D eigenvalue weighted by atomic mass is 32.3. The van der Waals surface area contributed by atoms with Crippen LogP contribution >= 0.6 is 0 Å². The van der Waals surface area contributed by atoms with Crippen LogP contribution < -0.4 is 4.74 Å². The molecule has 9 nitrogen and oxygen atoms in total. The van der Waals surface area contributed by atoms with E-state index in [1.54, 1.807) is 12.1 Å². The van der Waals surface area contributed by atoms with Crippen LogP contribution in [0.5, 0.6) is 5.75 Å². The van der Waals surface area contributed by atoms with Crippen molar-refractivity contribution in [3.8, 4) is 5.75 Å². The number of carbonyl (C=O) groups is 2. The lowest BCUT2D eigenvalue weighted by atomic mass is 10.2. The van der Waals surface area contributed by atoms with E-state index in [9.17, 15) is 18.0 Å². The Kier molecular flexibility index (Phi) is 10.6. The van der Waals surface area contributed by atoms with Crippen molar-refractivity contribution >= 4 is 22.3 Å². The second-order valence-electron chi connectivity index (χ2n) is 4.67. The summed E-state index contributed by atoms with van der Waals surface area (Å²) in [6.45, 7) is 7.34. The van der Waals surface area contributed by atoms with Crippen molar-refractivity contribution in [2.24, 2.45) is 0 Å². The number of hydrogen-bond acceptors (Lipinski definition) is 7. The predicted molar refractivity (Wildman–Crippen MR) is 90.0 cm³/mol. The maximum Gasteiger partial charge on any atom is 0.397 e. The van der Waals surface area contributed by atoms with E-state index in [0.29, 0.717) is 6.54 Å². The first-order valence-electron chi connectivity index (χ1n) is 7.45. The molecule has 0 amide bonds. The molecule has 0 aliphatic heterocycles. The lowest BCUT2D eigenvalue weighted by molar-refractivity contribution is -0.131. The number of rotatable bonds is 8. The first-order chi connectivity index (χ1) is 11.6. The minimum atomic E-state index is -4.26. The molecule has 0 saturated heterocycles. The summed E-state index contributed by atoms with van der Waals surface area (Å²) in [6, 6.07) is 5.98. The molecule has 0 spiro atoms. The summed E-state index contributed by atoms with van der Waals surface area (Å²) in [7, 11) is -4.26. The lowest BCUT2D eigenvalue weighted by Gasteiger charge is -2.16. The predicted octanol–water partition coefficient (Wildman–Crippen LogP) is 1.46. The van der Waals surface area contributed by atoms with Gasteiger partial charge in [0.25, 0.3) is 0 Å². The van der Waals surface area contributed by atoms with Crippen LogP contribution in [0.15, 0.2) is 24.3 Å². The topological polar surface area (TPSA) is 130 Å².